The van der Waals surface area contributed by atoms with E-state index < -0.39 is 72.6 Å². The van der Waals surface area contributed by atoms with Gasteiger partial charge in [-0.05, 0) is 59.4 Å². The van der Waals surface area contributed by atoms with Crippen LogP contribution in [-0.4, -0.2) is 137 Å². The maximum absolute atomic E-state index is 14.8. The minimum Gasteiger partial charge on any atom is -0.508 e. The van der Waals surface area contributed by atoms with Crippen molar-refractivity contribution < 1.29 is 58.1 Å². The van der Waals surface area contributed by atoms with Crippen molar-refractivity contribution in [2.24, 2.45) is 5.92 Å². The van der Waals surface area contributed by atoms with Gasteiger partial charge in [0.2, 0.25) is 0 Å². The molecule has 1 aromatic carbocycles. The Balaban J connectivity index is 1.31. The van der Waals surface area contributed by atoms with Crippen LogP contribution in [-0.2, 0) is 33.2 Å². The van der Waals surface area contributed by atoms with Crippen LogP contribution in [0.3, 0.4) is 0 Å². The number of Topliss-reactive ketones (excluding diaryl/α,β-unsaturated/α-hetero) is 2. The second-order valence-electron chi connectivity index (χ2n) is 15.7. The molecule has 2 aromatic heterocycles. The summed E-state index contributed by atoms with van der Waals surface area (Å²) in [5.41, 5.74) is -1.01. The normalized spacial score (nSPS) is 29.9. The number of fused-ring (bicyclic) bond motifs is 5. The fourth-order valence-corrected chi connectivity index (χ4v) is 10.8. The van der Waals surface area contributed by atoms with E-state index in [0.717, 1.165) is 7.11 Å². The number of nitrogens with one attached hydrogen (secondary N) is 3. The number of rotatable bonds is 14. The summed E-state index contributed by atoms with van der Waals surface area (Å²) in [6.45, 7) is 5.82. The number of ketones is 2. The number of carbonyl (C=O) groups excluding carboxylic acids is 3. The fraction of sp³-hybridized carbons (Fsp3) is 0.467. The molecule has 340 valence electrons. The SMILES string of the molecule is COC(=O)NC1=C2/C(=C/CSSSC)[C@](O)(C#CC=CC#C[C@@H]2O[C@@H]2O[C@H](C)[C@@H](C(=O)c3nccc4c3[nH]c3ccc(O)cc34)[C@H](O)[C@H]2O[C@H]2C[C@H](OC)[C@@H](NC(C)C)CO2)CC1=O. The number of hydrogen-bond acceptors (Lipinski definition) is 17. The number of aromatic amines is 1. The molecule has 2 aliphatic carbocycles. The Morgan fingerprint density at radius 3 is 2.70 bits per heavy atom. The fourth-order valence-electron chi connectivity index (χ4n) is 8.40. The number of benzene rings is 1. The first-order chi connectivity index (χ1) is 30.8. The van der Waals surface area contributed by atoms with Crippen LogP contribution in [0.4, 0.5) is 4.79 Å². The number of allylic oxidation sites excluding steroid dienone is 3. The molecule has 0 unspecified atom stereocenters. The van der Waals surface area contributed by atoms with Crippen molar-refractivity contribution in [2.45, 2.75) is 94.4 Å². The first-order valence-electron chi connectivity index (χ1n) is 20.5. The molecular weight excluding hydrogens is 885 g/mol. The van der Waals surface area contributed by atoms with Crippen molar-refractivity contribution >= 4 is 70.9 Å². The van der Waals surface area contributed by atoms with E-state index in [4.69, 9.17) is 28.4 Å². The number of amides is 1. The molecule has 64 heavy (non-hydrogen) atoms. The van der Waals surface area contributed by atoms with E-state index in [2.05, 4.69) is 44.3 Å². The highest BCUT2D eigenvalue weighted by atomic mass is 33.5. The zero-order valence-electron chi connectivity index (χ0n) is 35.9. The highest BCUT2D eigenvalue weighted by molar-refractivity contribution is 9.09. The third-order valence-electron chi connectivity index (χ3n) is 11.2. The van der Waals surface area contributed by atoms with Gasteiger partial charge in [-0.1, -0.05) is 65.2 Å². The van der Waals surface area contributed by atoms with Gasteiger partial charge in [-0.2, -0.15) is 0 Å². The predicted octanol–water partition coefficient (Wildman–Crippen LogP) is 4.70. The first kappa shape index (κ1) is 47.6. The standard InChI is InChI=1S/C45H50N4O12S3/c1-23(2)47-30-22-58-34(20-33(30)56-4)61-42-41(53)35(40(52)39-37-26(14-17-46-39)27-19-25(50)12-13-29(27)48-37)24(3)59-43(42)60-32-11-9-7-8-10-16-45(55)21-31(51)38(49-44(54)57-5)36(32)28(45)15-18-63-64-62-6/h7-8,12-15,17,19,23-24,30,32-35,41-43,47-48,50,53,55H,18,20-22H2,1-6H3,(H,49,54)/b8-7?,28-15-/t24-,30+,32+,33+,34+,35+,41+,42-,43+,45+/m1/s1. The molecule has 0 radical (unpaired) electrons. The van der Waals surface area contributed by atoms with Gasteiger partial charge in [0, 0.05) is 59.0 Å². The Hall–Kier alpha value is -4.35. The molecule has 3 aromatic rings. The van der Waals surface area contributed by atoms with Crippen LogP contribution in [0.2, 0.25) is 0 Å². The van der Waals surface area contributed by atoms with Crippen LogP contribution in [0.5, 0.6) is 5.75 Å². The molecule has 2 aliphatic heterocycles. The second-order valence-corrected chi connectivity index (χ2v) is 20.1. The van der Waals surface area contributed by atoms with E-state index in [1.165, 1.54) is 55.8 Å². The molecule has 7 rings (SSSR count). The van der Waals surface area contributed by atoms with E-state index in [1.807, 2.05) is 20.1 Å². The Kier molecular flexibility index (Phi) is 15.5. The van der Waals surface area contributed by atoms with Crippen molar-refractivity contribution in [1.82, 2.24) is 20.6 Å². The van der Waals surface area contributed by atoms with Crippen LogP contribution in [0.25, 0.3) is 21.8 Å². The zero-order chi connectivity index (χ0) is 45.7. The Labute approximate surface area is 381 Å². The van der Waals surface area contributed by atoms with E-state index in [1.54, 1.807) is 38.3 Å². The third kappa shape index (κ3) is 10.2. The number of pyridine rings is 1. The molecule has 4 heterocycles. The molecule has 0 saturated carbocycles. The molecule has 6 N–H and O–H groups in total. The number of phenols is 1. The van der Waals surface area contributed by atoms with Gasteiger partial charge >= 0.3 is 6.09 Å². The Morgan fingerprint density at radius 1 is 1.16 bits per heavy atom. The van der Waals surface area contributed by atoms with E-state index in [9.17, 15) is 29.7 Å². The average molecular weight is 935 g/mol. The van der Waals surface area contributed by atoms with Crippen LogP contribution >= 0.6 is 31.4 Å². The molecule has 1 amide bonds. The highest BCUT2D eigenvalue weighted by Crippen LogP contribution is 2.42. The summed E-state index contributed by atoms with van der Waals surface area (Å²) in [6, 6.07) is 6.49. The number of aliphatic hydroxyl groups is 2. The molecule has 16 nitrogen and oxygen atoms in total. The van der Waals surface area contributed by atoms with Gasteiger partial charge in [0.1, 0.15) is 23.7 Å². The monoisotopic (exact) mass is 934 g/mol. The molecule has 2 fully saturated rings. The van der Waals surface area contributed by atoms with Gasteiger partial charge in [0.25, 0.3) is 0 Å². The van der Waals surface area contributed by atoms with Gasteiger partial charge in [0.15, 0.2) is 29.7 Å². The summed E-state index contributed by atoms with van der Waals surface area (Å²) in [7, 11) is 7.24. The van der Waals surface area contributed by atoms with Crippen molar-refractivity contribution in [3.8, 4) is 29.4 Å². The number of carbonyl (C=O) groups is 3. The number of alkyl carbamates (subject to hydrolysis) is 1. The maximum atomic E-state index is 14.8. The zero-order valence-corrected chi connectivity index (χ0v) is 38.4. The van der Waals surface area contributed by atoms with E-state index in [0.29, 0.717) is 27.6 Å². The lowest BCUT2D eigenvalue weighted by Gasteiger charge is -2.46. The van der Waals surface area contributed by atoms with Gasteiger partial charge in [0.05, 0.1) is 61.6 Å². The molecule has 19 heteroatoms. The lowest BCUT2D eigenvalue weighted by molar-refractivity contribution is -0.327. The molecule has 10 atom stereocenters. The predicted molar refractivity (Wildman–Crippen MR) is 244 cm³/mol. The largest absolute Gasteiger partial charge is 0.508 e. The van der Waals surface area contributed by atoms with E-state index in [-0.39, 0.29) is 59.5 Å². The van der Waals surface area contributed by atoms with Gasteiger partial charge in [-0.25, -0.2) is 4.79 Å². The topological polar surface area (TPSA) is 220 Å². The lowest BCUT2D eigenvalue weighted by Crippen LogP contribution is -2.60. The van der Waals surface area contributed by atoms with E-state index >= 15 is 0 Å². The number of aromatic nitrogens is 2. The number of H-pyrrole nitrogens is 1. The second kappa shape index (κ2) is 20.9. The number of nitrogens with zero attached hydrogens (tertiary/aromatic N) is 1. The maximum Gasteiger partial charge on any atom is 0.411 e. The highest BCUT2D eigenvalue weighted by Gasteiger charge is 2.52. The van der Waals surface area contributed by atoms with Gasteiger partial charge in [-0.15, -0.1) is 0 Å². The number of aromatic hydroxyl groups is 1. The number of methoxy groups -OCH3 is 2. The minimum absolute atomic E-state index is 0.00427. The van der Waals surface area contributed by atoms with Gasteiger partial charge < -0.3 is 54.0 Å². The Bertz CT molecular complexity index is 2490. The summed E-state index contributed by atoms with van der Waals surface area (Å²) in [6.07, 6.45) is -1.67. The average Bonchev–Trinajstić information content (AvgIpc) is 3.63. The molecule has 2 bridgehead atoms. The molecule has 4 aliphatic rings. The van der Waals surface area contributed by atoms with Crippen molar-refractivity contribution in [3.05, 3.63) is 71.2 Å². The van der Waals surface area contributed by atoms with Crippen molar-refractivity contribution in [2.75, 3.05) is 32.8 Å². The number of ether oxygens (including phenoxy) is 6. The number of aliphatic hydroxyl groups excluding tert-OH is 1. The van der Waals surface area contributed by atoms with Crippen LogP contribution < -0.4 is 10.6 Å². The summed E-state index contributed by atoms with van der Waals surface area (Å²) >= 11 is 0. The van der Waals surface area contributed by atoms with Crippen LogP contribution in [0, 0.1) is 29.6 Å². The van der Waals surface area contributed by atoms with Crippen molar-refractivity contribution in [1.29, 1.82) is 0 Å². The first-order valence-corrected chi connectivity index (χ1v) is 24.6. The summed E-state index contributed by atoms with van der Waals surface area (Å²) in [5.74, 6) is 9.37. The summed E-state index contributed by atoms with van der Waals surface area (Å²) < 4.78 is 36.9. The minimum atomic E-state index is -2.03. The number of phenolic OH excluding ortho intramolecular Hbond substituents is 1. The number of hydrogen-bond donors (Lipinski definition) is 6. The van der Waals surface area contributed by atoms with Crippen molar-refractivity contribution in [3.63, 3.8) is 0 Å². The summed E-state index contributed by atoms with van der Waals surface area (Å²) in [4.78, 5) is 49.3. The van der Waals surface area contributed by atoms with Crippen LogP contribution in [0.1, 0.15) is 44.1 Å². The molecular formula is C45H50N4O12S3. The Morgan fingerprint density at radius 2 is 1.95 bits per heavy atom. The summed E-state index contributed by atoms with van der Waals surface area (Å²) in [5, 5.41) is 42.2. The lowest BCUT2D eigenvalue weighted by atomic mass is 9.75. The molecule has 0 spiro atoms. The van der Waals surface area contributed by atoms with Gasteiger partial charge in [-0.3, -0.25) is 19.9 Å². The third-order valence-corrected chi connectivity index (χ3v) is 15.0. The smallest absolute Gasteiger partial charge is 0.411 e. The molecule has 2 saturated heterocycles. The quantitative estimate of drug-likeness (QED) is 0.0559. The van der Waals surface area contributed by atoms with Crippen LogP contribution in [0.15, 0.2) is 65.5 Å².